The first-order valence-corrected chi connectivity index (χ1v) is 9.31. The van der Waals surface area contributed by atoms with Crippen LogP contribution in [0.5, 0.6) is 0 Å². The van der Waals surface area contributed by atoms with E-state index in [9.17, 15) is 19.8 Å². The number of hydrogen-bond donors (Lipinski definition) is 3. The molecule has 3 aliphatic rings. The summed E-state index contributed by atoms with van der Waals surface area (Å²) in [6, 6.07) is -0.148. The Morgan fingerprint density at radius 2 is 1.93 bits per heavy atom. The second kappa shape index (κ2) is 5.66. The van der Waals surface area contributed by atoms with Gasteiger partial charge in [0.15, 0.2) is 11.6 Å². The van der Waals surface area contributed by atoms with Crippen molar-refractivity contribution in [3.8, 4) is 0 Å². The number of fused-ring (bicyclic) bond motifs is 2. The second-order valence-electron chi connectivity index (χ2n) is 8.06. The molecule has 28 heavy (non-hydrogen) atoms. The van der Waals surface area contributed by atoms with Gasteiger partial charge in [-0.15, -0.1) is 0 Å². The Hall–Kier alpha value is -2.68. The van der Waals surface area contributed by atoms with E-state index in [-0.39, 0.29) is 29.1 Å². The Bertz CT molecular complexity index is 1100. The summed E-state index contributed by atoms with van der Waals surface area (Å²) < 4.78 is 32.1. The Morgan fingerprint density at radius 3 is 2.50 bits per heavy atom. The van der Waals surface area contributed by atoms with Gasteiger partial charge >= 0.3 is 5.97 Å². The number of aromatic nitrogens is 1. The molecule has 4 N–H and O–H groups in total. The molecule has 1 aliphatic heterocycles. The predicted molar refractivity (Wildman–Crippen MR) is 97.6 cm³/mol. The first kappa shape index (κ1) is 17.4. The van der Waals surface area contributed by atoms with Gasteiger partial charge in [0.25, 0.3) is 0 Å². The van der Waals surface area contributed by atoms with Crippen LogP contribution >= 0.6 is 0 Å². The highest BCUT2D eigenvalue weighted by molar-refractivity contribution is 5.99. The number of hydrogen-bond acceptors (Lipinski definition) is 5. The van der Waals surface area contributed by atoms with Crippen molar-refractivity contribution in [1.82, 2.24) is 4.57 Å². The van der Waals surface area contributed by atoms with Crippen LogP contribution in [0, 0.1) is 23.5 Å². The van der Waals surface area contributed by atoms with Crippen molar-refractivity contribution < 1.29 is 23.8 Å². The van der Waals surface area contributed by atoms with Gasteiger partial charge in [0, 0.05) is 31.2 Å². The molecule has 148 valence electrons. The van der Waals surface area contributed by atoms with E-state index in [2.05, 4.69) is 0 Å². The van der Waals surface area contributed by atoms with Crippen LogP contribution < -0.4 is 16.1 Å². The van der Waals surface area contributed by atoms with Gasteiger partial charge in [-0.1, -0.05) is 0 Å². The summed E-state index contributed by atoms with van der Waals surface area (Å²) in [7, 11) is 0. The van der Waals surface area contributed by atoms with Crippen molar-refractivity contribution >= 4 is 28.2 Å². The number of benzene rings is 1. The molecular formula is C19H19F2N3O4. The number of anilines is 2. The van der Waals surface area contributed by atoms with Crippen molar-refractivity contribution in [1.29, 1.82) is 0 Å². The summed E-state index contributed by atoms with van der Waals surface area (Å²) in [4.78, 5) is 25.6. The van der Waals surface area contributed by atoms with Gasteiger partial charge in [-0.05, 0) is 25.2 Å². The van der Waals surface area contributed by atoms with E-state index in [0.717, 1.165) is 6.20 Å². The standard InChI is InChI=1S/C19H19F2N3O4/c20-13-15(22)12-16(24(8-1-2-8)6-10(18(12)26)19(27)28)14(21)17(13)23-4-7-3-11(25)9(7)5-23/h6-9,11,25H,1-5,22H2,(H,27,28)/t7-,9+,11-/m0/s1. The average molecular weight is 391 g/mol. The molecule has 0 radical (unpaired) electrons. The van der Waals surface area contributed by atoms with Gasteiger partial charge in [0.1, 0.15) is 11.3 Å². The van der Waals surface area contributed by atoms with E-state index in [0.29, 0.717) is 32.4 Å². The van der Waals surface area contributed by atoms with Gasteiger partial charge < -0.3 is 25.4 Å². The van der Waals surface area contributed by atoms with E-state index >= 15 is 8.78 Å². The maximum absolute atomic E-state index is 15.6. The molecule has 5 rings (SSSR count). The molecule has 2 aliphatic carbocycles. The number of halogens is 2. The first-order valence-electron chi connectivity index (χ1n) is 9.31. The van der Waals surface area contributed by atoms with Crippen LogP contribution in [0.15, 0.2) is 11.0 Å². The largest absolute Gasteiger partial charge is 0.477 e. The Balaban J connectivity index is 1.78. The SMILES string of the molecule is Nc1c(F)c(N2C[C@@H]3C[C@H](O)[C@@H]3C2)c(F)c2c1c(=O)c(C(=O)O)cn2C1CC1. The second-order valence-corrected chi connectivity index (χ2v) is 8.06. The maximum Gasteiger partial charge on any atom is 0.341 e. The zero-order chi connectivity index (χ0) is 19.9. The fraction of sp³-hybridized carbons (Fsp3) is 0.474. The van der Waals surface area contributed by atoms with E-state index < -0.39 is 45.8 Å². The van der Waals surface area contributed by atoms with Crippen molar-refractivity contribution in [3.63, 3.8) is 0 Å². The predicted octanol–water partition coefficient (Wildman–Crippen LogP) is 1.71. The van der Waals surface area contributed by atoms with Gasteiger partial charge in [-0.3, -0.25) is 4.79 Å². The molecule has 0 amide bonds. The number of carboxylic acid groups (broad SMARTS) is 1. The number of nitrogens with zero attached hydrogens (tertiary/aromatic N) is 2. The van der Waals surface area contributed by atoms with E-state index in [1.807, 2.05) is 0 Å². The number of rotatable bonds is 3. The average Bonchev–Trinajstić information content (AvgIpc) is 3.42. The number of nitrogens with two attached hydrogens (primary N) is 1. The fourth-order valence-corrected chi connectivity index (χ4v) is 4.68. The van der Waals surface area contributed by atoms with E-state index in [1.54, 1.807) is 4.90 Å². The number of pyridine rings is 1. The molecule has 2 saturated carbocycles. The third-order valence-electron chi connectivity index (χ3n) is 6.38. The number of aliphatic hydroxyl groups excluding tert-OH is 1. The quantitative estimate of drug-likeness (QED) is 0.688. The van der Waals surface area contributed by atoms with Crippen molar-refractivity contribution in [3.05, 3.63) is 33.6 Å². The number of aromatic carboxylic acids is 1. The van der Waals surface area contributed by atoms with Crippen LogP contribution in [-0.2, 0) is 0 Å². The smallest absolute Gasteiger partial charge is 0.341 e. The lowest BCUT2D eigenvalue weighted by Crippen LogP contribution is -2.39. The van der Waals surface area contributed by atoms with Gasteiger partial charge in [0.2, 0.25) is 5.43 Å². The normalized spacial score (nSPS) is 26.4. The third kappa shape index (κ3) is 2.22. The van der Waals surface area contributed by atoms with Crippen LogP contribution in [-0.4, -0.2) is 39.9 Å². The molecule has 1 aromatic heterocycles. The Labute approximate surface area is 158 Å². The van der Waals surface area contributed by atoms with Crippen molar-refractivity contribution in [2.75, 3.05) is 23.7 Å². The van der Waals surface area contributed by atoms with Gasteiger partial charge in [0.05, 0.1) is 22.7 Å². The summed E-state index contributed by atoms with van der Waals surface area (Å²) >= 11 is 0. The highest BCUT2D eigenvalue weighted by atomic mass is 19.1. The summed E-state index contributed by atoms with van der Waals surface area (Å²) in [5.74, 6) is -3.28. The molecule has 9 heteroatoms. The minimum Gasteiger partial charge on any atom is -0.477 e. The number of carbonyl (C=O) groups is 1. The highest BCUT2D eigenvalue weighted by Gasteiger charge is 2.47. The molecule has 0 unspecified atom stereocenters. The molecule has 2 heterocycles. The van der Waals surface area contributed by atoms with Crippen LogP contribution in [0.3, 0.4) is 0 Å². The zero-order valence-corrected chi connectivity index (χ0v) is 14.9. The molecule has 0 bridgehead atoms. The molecule has 1 aromatic carbocycles. The highest BCUT2D eigenvalue weighted by Crippen LogP contribution is 2.46. The minimum atomic E-state index is -1.46. The Morgan fingerprint density at radius 1 is 1.21 bits per heavy atom. The van der Waals surface area contributed by atoms with Crippen LogP contribution in [0.2, 0.25) is 0 Å². The number of aliphatic hydroxyl groups is 1. The third-order valence-corrected chi connectivity index (χ3v) is 6.38. The molecule has 3 fully saturated rings. The molecule has 1 saturated heterocycles. The number of nitrogen functional groups attached to an aromatic ring is 1. The lowest BCUT2D eigenvalue weighted by Gasteiger charge is -2.34. The summed E-state index contributed by atoms with van der Waals surface area (Å²) in [5, 5.41) is 18.8. The maximum atomic E-state index is 15.6. The molecular weight excluding hydrogens is 372 g/mol. The van der Waals surface area contributed by atoms with Crippen LogP contribution in [0.25, 0.3) is 10.9 Å². The van der Waals surface area contributed by atoms with Crippen molar-refractivity contribution in [2.45, 2.75) is 31.4 Å². The topological polar surface area (TPSA) is 109 Å². The van der Waals surface area contributed by atoms with Crippen LogP contribution in [0.4, 0.5) is 20.2 Å². The Kier molecular flexibility index (Phi) is 3.52. The van der Waals surface area contributed by atoms with Gasteiger partial charge in [-0.25, -0.2) is 13.6 Å². The summed E-state index contributed by atoms with van der Waals surface area (Å²) in [6.07, 6.45) is 2.68. The molecule has 2 aromatic rings. The fourth-order valence-electron chi connectivity index (χ4n) is 4.68. The van der Waals surface area contributed by atoms with Gasteiger partial charge in [-0.2, -0.15) is 0 Å². The number of carboxylic acids is 1. The zero-order valence-electron chi connectivity index (χ0n) is 14.9. The monoisotopic (exact) mass is 391 g/mol. The minimum absolute atomic E-state index is 0.0317. The van der Waals surface area contributed by atoms with E-state index in [4.69, 9.17) is 5.73 Å². The van der Waals surface area contributed by atoms with E-state index in [1.165, 1.54) is 4.57 Å². The molecule has 3 atom stereocenters. The molecule has 7 nitrogen and oxygen atoms in total. The lowest BCUT2D eigenvalue weighted by atomic mass is 9.74. The lowest BCUT2D eigenvalue weighted by molar-refractivity contribution is -0.00399. The first-order chi connectivity index (χ1) is 13.3. The molecule has 0 spiro atoms. The summed E-state index contributed by atoms with van der Waals surface area (Å²) in [6.45, 7) is 0.715. The van der Waals surface area contributed by atoms with Crippen molar-refractivity contribution in [2.24, 2.45) is 11.8 Å². The van der Waals surface area contributed by atoms with Crippen LogP contribution in [0.1, 0.15) is 35.7 Å². The summed E-state index contributed by atoms with van der Waals surface area (Å²) in [5.41, 5.74) is 3.38.